The number of hydrogen-bond donors (Lipinski definition) is 0. The Morgan fingerprint density at radius 3 is 2.64 bits per heavy atom. The Kier molecular flexibility index (Phi) is 4.76. The Morgan fingerprint density at radius 2 is 2.00 bits per heavy atom. The topological polar surface area (TPSA) is 21.6 Å². The van der Waals surface area contributed by atoms with E-state index >= 15 is 0 Å². The minimum Gasteiger partial charge on any atom is -0.396 e. The number of nitrogens with zero attached hydrogens (tertiary/aromatic N) is 1. The monoisotopic (exact) mass is 191 g/mol. The van der Waals surface area contributed by atoms with Gasteiger partial charge in [-0.15, -0.1) is 0 Å². The maximum atomic E-state index is 5.08. The van der Waals surface area contributed by atoms with Crippen LogP contribution >= 0.6 is 0 Å². The molecule has 0 atom stereocenters. The number of aryl methyl sites for hydroxylation is 1. The predicted octanol–water partition coefficient (Wildman–Crippen LogP) is 3.15. The SMILES string of the molecule is CCCCON=Cc1ccc(C)cc1. The van der Waals surface area contributed by atoms with Crippen LogP contribution in [0.15, 0.2) is 29.4 Å². The van der Waals surface area contributed by atoms with Crippen LogP contribution in [0, 0.1) is 6.92 Å². The molecule has 0 amide bonds. The van der Waals surface area contributed by atoms with Gasteiger partial charge in [-0.3, -0.25) is 0 Å². The molecule has 0 bridgehead atoms. The normalized spacial score (nSPS) is 10.7. The first kappa shape index (κ1) is 10.8. The summed E-state index contributed by atoms with van der Waals surface area (Å²) in [4.78, 5) is 5.08. The lowest BCUT2D eigenvalue weighted by atomic mass is 10.2. The predicted molar refractivity (Wildman–Crippen MR) is 59.6 cm³/mol. The van der Waals surface area contributed by atoms with Gasteiger partial charge in [0.15, 0.2) is 0 Å². The number of oxime groups is 1. The fourth-order valence-electron chi connectivity index (χ4n) is 1.01. The third-order valence-corrected chi connectivity index (χ3v) is 1.94. The number of rotatable bonds is 5. The van der Waals surface area contributed by atoms with E-state index in [9.17, 15) is 0 Å². The zero-order valence-electron chi connectivity index (χ0n) is 8.86. The summed E-state index contributed by atoms with van der Waals surface area (Å²) in [5.41, 5.74) is 2.33. The van der Waals surface area contributed by atoms with Crippen molar-refractivity contribution in [3.05, 3.63) is 35.4 Å². The molecule has 2 heteroatoms. The van der Waals surface area contributed by atoms with E-state index in [1.807, 2.05) is 12.1 Å². The van der Waals surface area contributed by atoms with Gasteiger partial charge in [-0.25, -0.2) is 0 Å². The van der Waals surface area contributed by atoms with Crippen molar-refractivity contribution in [3.8, 4) is 0 Å². The van der Waals surface area contributed by atoms with Gasteiger partial charge in [-0.2, -0.15) is 0 Å². The van der Waals surface area contributed by atoms with Crippen LogP contribution in [0.4, 0.5) is 0 Å². The van der Waals surface area contributed by atoms with Gasteiger partial charge in [-0.1, -0.05) is 48.3 Å². The van der Waals surface area contributed by atoms with Crippen LogP contribution in [0.5, 0.6) is 0 Å². The van der Waals surface area contributed by atoms with Crippen LogP contribution in [0.2, 0.25) is 0 Å². The van der Waals surface area contributed by atoms with E-state index in [0.717, 1.165) is 18.4 Å². The Bertz CT molecular complexity index is 277. The summed E-state index contributed by atoms with van der Waals surface area (Å²) in [6.45, 7) is 4.91. The van der Waals surface area contributed by atoms with Gasteiger partial charge >= 0.3 is 0 Å². The largest absolute Gasteiger partial charge is 0.396 e. The summed E-state index contributed by atoms with van der Waals surface area (Å²) >= 11 is 0. The van der Waals surface area contributed by atoms with Crippen molar-refractivity contribution < 1.29 is 4.84 Å². The second kappa shape index (κ2) is 6.19. The first-order chi connectivity index (χ1) is 6.83. The second-order valence-electron chi connectivity index (χ2n) is 3.33. The van der Waals surface area contributed by atoms with Crippen LogP contribution in [-0.2, 0) is 4.84 Å². The molecule has 0 aromatic heterocycles. The highest BCUT2D eigenvalue weighted by molar-refractivity contribution is 5.78. The summed E-state index contributed by atoms with van der Waals surface area (Å²) in [5, 5.41) is 3.88. The van der Waals surface area contributed by atoms with E-state index in [2.05, 4.69) is 31.1 Å². The molecule has 0 aliphatic rings. The molecule has 1 rings (SSSR count). The van der Waals surface area contributed by atoms with Gasteiger partial charge in [-0.05, 0) is 18.9 Å². The molecule has 1 aromatic rings. The summed E-state index contributed by atoms with van der Waals surface area (Å²) in [6.07, 6.45) is 3.94. The molecule has 2 nitrogen and oxygen atoms in total. The highest BCUT2D eigenvalue weighted by Gasteiger charge is 1.87. The average Bonchev–Trinajstić information content (AvgIpc) is 2.21. The summed E-state index contributed by atoms with van der Waals surface area (Å²) in [7, 11) is 0. The molecule has 0 saturated heterocycles. The smallest absolute Gasteiger partial charge is 0.117 e. The van der Waals surface area contributed by atoms with Crippen LogP contribution in [0.25, 0.3) is 0 Å². The van der Waals surface area contributed by atoms with E-state index in [-0.39, 0.29) is 0 Å². The molecule has 0 N–H and O–H groups in total. The Balaban J connectivity index is 2.33. The first-order valence-electron chi connectivity index (χ1n) is 5.05. The molecule has 0 saturated carbocycles. The maximum Gasteiger partial charge on any atom is 0.117 e. The summed E-state index contributed by atoms with van der Waals surface area (Å²) < 4.78 is 0. The van der Waals surface area contributed by atoms with Gasteiger partial charge in [0.1, 0.15) is 6.61 Å². The van der Waals surface area contributed by atoms with Crippen LogP contribution in [0.3, 0.4) is 0 Å². The second-order valence-corrected chi connectivity index (χ2v) is 3.33. The summed E-state index contributed by atoms with van der Waals surface area (Å²) in [5.74, 6) is 0. The lowest BCUT2D eigenvalue weighted by Gasteiger charge is -1.96. The molecule has 0 heterocycles. The zero-order valence-corrected chi connectivity index (χ0v) is 8.86. The van der Waals surface area contributed by atoms with Crippen molar-refractivity contribution in [3.63, 3.8) is 0 Å². The molecular weight excluding hydrogens is 174 g/mol. The van der Waals surface area contributed by atoms with E-state index in [0.29, 0.717) is 6.61 Å². The minimum absolute atomic E-state index is 0.707. The Hall–Kier alpha value is -1.31. The first-order valence-corrected chi connectivity index (χ1v) is 5.05. The molecule has 0 fully saturated rings. The molecule has 0 spiro atoms. The van der Waals surface area contributed by atoms with Gasteiger partial charge in [0.2, 0.25) is 0 Å². The lowest BCUT2D eigenvalue weighted by Crippen LogP contribution is -1.88. The van der Waals surface area contributed by atoms with E-state index in [1.165, 1.54) is 5.56 Å². The average molecular weight is 191 g/mol. The number of hydrogen-bond acceptors (Lipinski definition) is 2. The molecule has 1 aromatic carbocycles. The highest BCUT2D eigenvalue weighted by Crippen LogP contribution is 2.00. The van der Waals surface area contributed by atoms with Crippen molar-refractivity contribution in [1.82, 2.24) is 0 Å². The molecule has 0 unspecified atom stereocenters. The summed E-state index contributed by atoms with van der Waals surface area (Å²) in [6, 6.07) is 8.19. The molecular formula is C12H17NO. The van der Waals surface area contributed by atoms with Gasteiger partial charge in [0.25, 0.3) is 0 Å². The van der Waals surface area contributed by atoms with E-state index in [1.54, 1.807) is 6.21 Å². The third-order valence-electron chi connectivity index (χ3n) is 1.94. The van der Waals surface area contributed by atoms with Gasteiger partial charge in [0.05, 0.1) is 6.21 Å². The quantitative estimate of drug-likeness (QED) is 0.398. The Morgan fingerprint density at radius 1 is 1.29 bits per heavy atom. The van der Waals surface area contributed by atoms with Crippen molar-refractivity contribution in [2.24, 2.45) is 5.16 Å². The number of benzene rings is 1. The molecule has 0 aliphatic carbocycles. The molecule has 0 radical (unpaired) electrons. The van der Waals surface area contributed by atoms with E-state index in [4.69, 9.17) is 4.84 Å². The maximum absolute atomic E-state index is 5.08. The van der Waals surface area contributed by atoms with Crippen LogP contribution in [0.1, 0.15) is 30.9 Å². The zero-order chi connectivity index (χ0) is 10.2. The molecule has 14 heavy (non-hydrogen) atoms. The van der Waals surface area contributed by atoms with Crippen molar-refractivity contribution in [2.45, 2.75) is 26.7 Å². The van der Waals surface area contributed by atoms with E-state index < -0.39 is 0 Å². The van der Waals surface area contributed by atoms with Crippen LogP contribution < -0.4 is 0 Å². The standard InChI is InChI=1S/C12H17NO/c1-3-4-9-14-13-10-12-7-5-11(2)6-8-12/h5-8,10H,3-4,9H2,1-2H3. The Labute approximate surface area is 85.6 Å². The number of unbranched alkanes of at least 4 members (excludes halogenated alkanes) is 1. The molecule has 0 aliphatic heterocycles. The lowest BCUT2D eigenvalue weighted by molar-refractivity contribution is 0.143. The van der Waals surface area contributed by atoms with Crippen molar-refractivity contribution >= 4 is 6.21 Å². The van der Waals surface area contributed by atoms with Crippen LogP contribution in [-0.4, -0.2) is 12.8 Å². The fraction of sp³-hybridized carbons (Fsp3) is 0.417. The fourth-order valence-corrected chi connectivity index (χ4v) is 1.01. The highest BCUT2D eigenvalue weighted by atomic mass is 16.6. The third kappa shape index (κ3) is 4.08. The van der Waals surface area contributed by atoms with Gasteiger partial charge in [0, 0.05) is 0 Å². The molecule has 76 valence electrons. The van der Waals surface area contributed by atoms with Gasteiger partial charge < -0.3 is 4.84 Å². The minimum atomic E-state index is 0.707. The van der Waals surface area contributed by atoms with Crippen molar-refractivity contribution in [2.75, 3.05) is 6.61 Å². The van der Waals surface area contributed by atoms with Crippen molar-refractivity contribution in [1.29, 1.82) is 0 Å².